The van der Waals surface area contributed by atoms with Gasteiger partial charge in [-0.1, -0.05) is 0 Å². The van der Waals surface area contributed by atoms with Gasteiger partial charge in [-0.2, -0.15) is 0 Å². The summed E-state index contributed by atoms with van der Waals surface area (Å²) in [6.45, 7) is -0.0439. The van der Waals surface area contributed by atoms with Crippen molar-refractivity contribution in [3.8, 4) is 5.75 Å². The number of fused-ring (bicyclic) bond motifs is 1. The summed E-state index contributed by atoms with van der Waals surface area (Å²) < 4.78 is 5.10. The number of hydrogen-bond donors (Lipinski definition) is 2. The smallest absolute Gasteiger partial charge is 0.137 e. The fourth-order valence-electron chi connectivity index (χ4n) is 1.19. The van der Waals surface area contributed by atoms with E-state index < -0.39 is 0 Å². The summed E-state index contributed by atoms with van der Waals surface area (Å²) in [6, 6.07) is 4.81. The van der Waals surface area contributed by atoms with Crippen molar-refractivity contribution in [1.29, 1.82) is 0 Å². The molecule has 0 aliphatic heterocycles. The van der Waals surface area contributed by atoms with Crippen LogP contribution in [0.4, 0.5) is 0 Å². The Labute approximate surface area is 68.9 Å². The van der Waals surface area contributed by atoms with Crippen LogP contribution in [0.25, 0.3) is 11.0 Å². The van der Waals surface area contributed by atoms with Gasteiger partial charge >= 0.3 is 0 Å². The van der Waals surface area contributed by atoms with Crippen LogP contribution in [0.1, 0.15) is 5.56 Å². The van der Waals surface area contributed by atoms with E-state index in [1.807, 2.05) is 0 Å². The van der Waals surface area contributed by atoms with Gasteiger partial charge in [0, 0.05) is 17.0 Å². The summed E-state index contributed by atoms with van der Waals surface area (Å²) in [4.78, 5) is 0. The lowest BCUT2D eigenvalue weighted by atomic mass is 10.2. The van der Waals surface area contributed by atoms with Gasteiger partial charge in [0.2, 0.25) is 0 Å². The van der Waals surface area contributed by atoms with Crippen LogP contribution in [0.5, 0.6) is 5.75 Å². The van der Waals surface area contributed by atoms with Crippen LogP contribution in [-0.4, -0.2) is 10.2 Å². The largest absolute Gasteiger partial charge is 0.508 e. The molecule has 0 aliphatic rings. The Morgan fingerprint density at radius 2 is 2.17 bits per heavy atom. The molecule has 0 atom stereocenters. The molecule has 2 N–H and O–H groups in total. The van der Waals surface area contributed by atoms with E-state index in [0.717, 1.165) is 10.9 Å². The average molecular weight is 164 g/mol. The molecule has 12 heavy (non-hydrogen) atoms. The first-order valence-electron chi connectivity index (χ1n) is 3.61. The normalized spacial score (nSPS) is 10.8. The summed E-state index contributed by atoms with van der Waals surface area (Å²) in [6.07, 6.45) is 1.49. The van der Waals surface area contributed by atoms with Crippen LogP contribution < -0.4 is 0 Å². The van der Waals surface area contributed by atoms with Gasteiger partial charge in [-0.25, -0.2) is 0 Å². The number of benzene rings is 1. The molecule has 0 saturated heterocycles. The number of furan rings is 1. The molecule has 1 heterocycles. The third kappa shape index (κ3) is 0.950. The SMILES string of the molecule is OCc1coc2cc(O)ccc12. The number of aliphatic hydroxyl groups excluding tert-OH is 1. The summed E-state index contributed by atoms with van der Waals surface area (Å²) in [5.74, 6) is 0.168. The lowest BCUT2D eigenvalue weighted by molar-refractivity contribution is 0.281. The molecule has 1 aromatic heterocycles. The van der Waals surface area contributed by atoms with Gasteiger partial charge in [-0.3, -0.25) is 0 Å². The maximum atomic E-state index is 9.09. The summed E-state index contributed by atoms with van der Waals surface area (Å²) in [5, 5.41) is 18.8. The molecule has 3 nitrogen and oxygen atoms in total. The second kappa shape index (κ2) is 2.53. The van der Waals surface area contributed by atoms with Gasteiger partial charge in [0.15, 0.2) is 0 Å². The van der Waals surface area contributed by atoms with Gasteiger partial charge in [-0.15, -0.1) is 0 Å². The highest BCUT2D eigenvalue weighted by Crippen LogP contribution is 2.24. The predicted molar refractivity (Wildman–Crippen MR) is 43.8 cm³/mol. The lowest BCUT2D eigenvalue weighted by Crippen LogP contribution is -1.77. The zero-order valence-electron chi connectivity index (χ0n) is 6.32. The predicted octanol–water partition coefficient (Wildman–Crippen LogP) is 1.63. The van der Waals surface area contributed by atoms with Crippen LogP contribution in [0, 0.1) is 0 Å². The minimum absolute atomic E-state index is 0.0439. The molecule has 0 bridgehead atoms. The second-order valence-corrected chi connectivity index (χ2v) is 2.60. The van der Waals surface area contributed by atoms with Crippen molar-refractivity contribution in [3.63, 3.8) is 0 Å². The third-order valence-corrected chi connectivity index (χ3v) is 1.81. The lowest BCUT2D eigenvalue weighted by Gasteiger charge is -1.91. The van der Waals surface area contributed by atoms with Crippen LogP contribution >= 0.6 is 0 Å². The molecule has 0 amide bonds. The van der Waals surface area contributed by atoms with Crippen molar-refractivity contribution >= 4 is 11.0 Å². The molecule has 0 radical (unpaired) electrons. The quantitative estimate of drug-likeness (QED) is 0.673. The molecule has 0 unspecified atom stereocenters. The van der Waals surface area contributed by atoms with E-state index in [0.29, 0.717) is 5.58 Å². The van der Waals surface area contributed by atoms with Gasteiger partial charge in [0.05, 0.1) is 12.9 Å². The van der Waals surface area contributed by atoms with Gasteiger partial charge in [0.1, 0.15) is 11.3 Å². The van der Waals surface area contributed by atoms with E-state index in [4.69, 9.17) is 14.6 Å². The Balaban J connectivity index is 2.73. The number of aliphatic hydroxyl groups is 1. The maximum absolute atomic E-state index is 9.09. The molecule has 0 fully saturated rings. The zero-order chi connectivity index (χ0) is 8.55. The fourth-order valence-corrected chi connectivity index (χ4v) is 1.19. The fraction of sp³-hybridized carbons (Fsp3) is 0.111. The number of hydrogen-bond acceptors (Lipinski definition) is 3. The number of aromatic hydroxyl groups is 1. The van der Waals surface area contributed by atoms with Crippen molar-refractivity contribution in [2.45, 2.75) is 6.61 Å². The van der Waals surface area contributed by atoms with Crippen molar-refractivity contribution in [1.82, 2.24) is 0 Å². The van der Waals surface area contributed by atoms with E-state index in [2.05, 4.69) is 0 Å². The molecule has 0 saturated carbocycles. The second-order valence-electron chi connectivity index (χ2n) is 2.60. The van der Waals surface area contributed by atoms with Crippen molar-refractivity contribution in [3.05, 3.63) is 30.0 Å². The molecule has 3 heteroatoms. The number of phenols is 1. The molecule has 62 valence electrons. The first kappa shape index (κ1) is 7.18. The Morgan fingerprint density at radius 1 is 1.33 bits per heavy atom. The Kier molecular flexibility index (Phi) is 1.52. The van der Waals surface area contributed by atoms with Crippen molar-refractivity contribution in [2.75, 3.05) is 0 Å². The third-order valence-electron chi connectivity index (χ3n) is 1.81. The monoisotopic (exact) mass is 164 g/mol. The van der Waals surface area contributed by atoms with Crippen LogP contribution in [0.2, 0.25) is 0 Å². The van der Waals surface area contributed by atoms with Crippen LogP contribution in [-0.2, 0) is 6.61 Å². The average Bonchev–Trinajstić information content (AvgIpc) is 2.46. The van der Waals surface area contributed by atoms with E-state index in [1.54, 1.807) is 12.1 Å². The van der Waals surface area contributed by atoms with Gasteiger partial charge in [0.25, 0.3) is 0 Å². The van der Waals surface area contributed by atoms with E-state index in [1.165, 1.54) is 12.3 Å². The first-order valence-corrected chi connectivity index (χ1v) is 3.61. The minimum Gasteiger partial charge on any atom is -0.508 e. The maximum Gasteiger partial charge on any atom is 0.137 e. The summed E-state index contributed by atoms with van der Waals surface area (Å²) in [5.41, 5.74) is 1.34. The van der Waals surface area contributed by atoms with E-state index in [-0.39, 0.29) is 12.4 Å². The first-order chi connectivity index (χ1) is 5.81. The Morgan fingerprint density at radius 3 is 2.92 bits per heavy atom. The highest BCUT2D eigenvalue weighted by molar-refractivity contribution is 5.82. The van der Waals surface area contributed by atoms with E-state index >= 15 is 0 Å². The summed E-state index contributed by atoms with van der Waals surface area (Å²) >= 11 is 0. The zero-order valence-corrected chi connectivity index (χ0v) is 6.32. The highest BCUT2D eigenvalue weighted by Gasteiger charge is 2.04. The molecule has 0 spiro atoms. The van der Waals surface area contributed by atoms with Crippen LogP contribution in [0.15, 0.2) is 28.9 Å². The summed E-state index contributed by atoms with van der Waals surface area (Å²) in [7, 11) is 0. The minimum atomic E-state index is -0.0439. The topological polar surface area (TPSA) is 53.6 Å². The van der Waals surface area contributed by atoms with Crippen molar-refractivity contribution in [2.24, 2.45) is 0 Å². The molecule has 2 aromatic rings. The van der Waals surface area contributed by atoms with Gasteiger partial charge < -0.3 is 14.6 Å². The molecule has 0 aliphatic carbocycles. The molecule has 2 rings (SSSR count). The van der Waals surface area contributed by atoms with Crippen molar-refractivity contribution < 1.29 is 14.6 Å². The Hall–Kier alpha value is -1.48. The van der Waals surface area contributed by atoms with E-state index in [9.17, 15) is 0 Å². The number of phenolic OH excluding ortho intramolecular Hbond substituents is 1. The Bertz CT molecular complexity index is 403. The molecular weight excluding hydrogens is 156 g/mol. The molecular formula is C9H8O3. The number of rotatable bonds is 1. The van der Waals surface area contributed by atoms with Crippen LogP contribution in [0.3, 0.4) is 0 Å². The standard InChI is InChI=1S/C9H8O3/c10-4-6-5-12-9-3-7(11)1-2-8(6)9/h1-3,5,10-11H,4H2. The molecule has 1 aromatic carbocycles. The highest BCUT2D eigenvalue weighted by atomic mass is 16.3. The van der Waals surface area contributed by atoms with Gasteiger partial charge in [-0.05, 0) is 12.1 Å².